The molecule has 74 valence electrons. The van der Waals surface area contributed by atoms with Gasteiger partial charge in [0.2, 0.25) is 0 Å². The fourth-order valence-corrected chi connectivity index (χ4v) is 2.30. The summed E-state index contributed by atoms with van der Waals surface area (Å²) in [7, 11) is 0. The van der Waals surface area contributed by atoms with E-state index in [9.17, 15) is 0 Å². The van der Waals surface area contributed by atoms with Crippen LogP contribution >= 0.6 is 23.6 Å². The topological polar surface area (TPSA) is 46.5 Å². The van der Waals surface area contributed by atoms with Crippen LogP contribution in [0.15, 0.2) is 6.20 Å². The zero-order valence-electron chi connectivity index (χ0n) is 7.94. The third-order valence-electron chi connectivity index (χ3n) is 1.92. The first-order chi connectivity index (χ1) is 6.72. The van der Waals surface area contributed by atoms with E-state index in [2.05, 4.69) is 15.2 Å². The average molecular weight is 226 g/mol. The molecule has 0 saturated heterocycles. The van der Waals surface area contributed by atoms with Gasteiger partial charge in [0.05, 0.1) is 9.88 Å². The molecule has 14 heavy (non-hydrogen) atoms. The number of nitrogens with zero attached hydrogens (tertiary/aromatic N) is 3. The molecule has 0 atom stereocenters. The maximum Gasteiger partial charge on any atom is 0.195 e. The van der Waals surface area contributed by atoms with Crippen molar-refractivity contribution < 1.29 is 0 Å². The van der Waals surface area contributed by atoms with Gasteiger partial charge < -0.3 is 0 Å². The first kappa shape index (κ1) is 9.54. The molecule has 0 aliphatic rings. The molecule has 0 aliphatic carbocycles. The molecular formula is C8H10N4S2. The minimum atomic E-state index is 0.661. The second-order valence-corrected chi connectivity index (χ2v) is 4.46. The predicted molar refractivity (Wildman–Crippen MR) is 58.9 cm³/mol. The van der Waals surface area contributed by atoms with Gasteiger partial charge in [0.1, 0.15) is 0 Å². The summed E-state index contributed by atoms with van der Waals surface area (Å²) >= 11 is 6.73. The highest BCUT2D eigenvalue weighted by Gasteiger charge is 2.09. The van der Waals surface area contributed by atoms with Crippen molar-refractivity contribution in [1.82, 2.24) is 19.7 Å². The van der Waals surface area contributed by atoms with Gasteiger partial charge in [0.25, 0.3) is 0 Å². The summed E-state index contributed by atoms with van der Waals surface area (Å²) in [6.07, 6.45) is 1.83. The number of hydrogen-bond acceptors (Lipinski definition) is 4. The zero-order valence-corrected chi connectivity index (χ0v) is 9.58. The van der Waals surface area contributed by atoms with E-state index >= 15 is 0 Å². The van der Waals surface area contributed by atoms with E-state index in [1.165, 1.54) is 0 Å². The van der Waals surface area contributed by atoms with Crippen LogP contribution in [0.3, 0.4) is 0 Å². The van der Waals surface area contributed by atoms with Crippen LogP contribution in [0, 0.1) is 11.7 Å². The fourth-order valence-electron chi connectivity index (χ4n) is 1.26. The second kappa shape index (κ2) is 3.62. The summed E-state index contributed by atoms with van der Waals surface area (Å²) in [4.78, 5) is 5.25. The zero-order chi connectivity index (χ0) is 10.1. The molecule has 0 aliphatic heterocycles. The van der Waals surface area contributed by atoms with E-state index in [1.807, 2.05) is 24.6 Å². The first-order valence-corrected chi connectivity index (χ1v) is 5.53. The standard InChI is InChI=1S/C8H10N4S2/c1-3-12-7(10-11-8(12)13)6-4-9-5(2)14-6/h4H,3H2,1-2H3,(H,11,13). The molecule has 6 heteroatoms. The van der Waals surface area contributed by atoms with Gasteiger partial charge in [0.15, 0.2) is 10.6 Å². The van der Waals surface area contributed by atoms with Gasteiger partial charge in [-0.15, -0.1) is 11.3 Å². The molecule has 2 aromatic rings. The minimum Gasteiger partial charge on any atom is -0.300 e. The van der Waals surface area contributed by atoms with Gasteiger partial charge in [-0.1, -0.05) is 0 Å². The van der Waals surface area contributed by atoms with Crippen LogP contribution in [0.5, 0.6) is 0 Å². The largest absolute Gasteiger partial charge is 0.300 e. The Bertz CT molecular complexity index is 493. The van der Waals surface area contributed by atoms with Crippen molar-refractivity contribution >= 4 is 23.6 Å². The van der Waals surface area contributed by atoms with Gasteiger partial charge in [-0.05, 0) is 26.1 Å². The molecule has 0 amide bonds. The summed E-state index contributed by atoms with van der Waals surface area (Å²) in [5.41, 5.74) is 0. The monoisotopic (exact) mass is 226 g/mol. The Balaban J connectivity index is 2.56. The van der Waals surface area contributed by atoms with Gasteiger partial charge in [-0.25, -0.2) is 4.98 Å². The summed E-state index contributed by atoms with van der Waals surface area (Å²) in [5.74, 6) is 0.878. The lowest BCUT2D eigenvalue weighted by Gasteiger charge is -1.98. The highest BCUT2D eigenvalue weighted by Crippen LogP contribution is 2.23. The molecule has 0 spiro atoms. The number of rotatable bonds is 2. The van der Waals surface area contributed by atoms with Crippen LogP contribution in [-0.2, 0) is 6.54 Å². The molecule has 2 heterocycles. The number of aromatic nitrogens is 4. The lowest BCUT2D eigenvalue weighted by molar-refractivity contribution is 0.756. The summed E-state index contributed by atoms with van der Waals surface area (Å²) < 4.78 is 2.62. The summed E-state index contributed by atoms with van der Waals surface area (Å²) in [6, 6.07) is 0. The van der Waals surface area contributed by atoms with Gasteiger partial charge in [0, 0.05) is 12.7 Å². The Hall–Kier alpha value is -1.01. The first-order valence-electron chi connectivity index (χ1n) is 4.30. The lowest BCUT2D eigenvalue weighted by atomic mass is 10.5. The van der Waals surface area contributed by atoms with E-state index in [-0.39, 0.29) is 0 Å². The number of nitrogens with one attached hydrogen (secondary N) is 1. The smallest absolute Gasteiger partial charge is 0.195 e. The van der Waals surface area contributed by atoms with Crippen molar-refractivity contribution in [2.45, 2.75) is 20.4 Å². The van der Waals surface area contributed by atoms with Crippen LogP contribution in [0.2, 0.25) is 0 Å². The van der Waals surface area contributed by atoms with Crippen LogP contribution in [0.4, 0.5) is 0 Å². The van der Waals surface area contributed by atoms with Gasteiger partial charge in [-0.3, -0.25) is 9.67 Å². The summed E-state index contributed by atoms with van der Waals surface area (Å²) in [6.45, 7) is 4.84. The van der Waals surface area contributed by atoms with Crippen LogP contribution in [0.1, 0.15) is 11.9 Å². The molecule has 2 rings (SSSR count). The van der Waals surface area contributed by atoms with E-state index in [0.717, 1.165) is 22.3 Å². The molecule has 0 fully saturated rings. The molecule has 0 bridgehead atoms. The number of thiazole rings is 1. The fraction of sp³-hybridized carbons (Fsp3) is 0.375. The molecule has 0 radical (unpaired) electrons. The number of H-pyrrole nitrogens is 1. The molecule has 4 nitrogen and oxygen atoms in total. The number of hydrogen-bond donors (Lipinski definition) is 1. The molecule has 0 saturated carbocycles. The van der Waals surface area contributed by atoms with Gasteiger partial charge >= 0.3 is 0 Å². The third-order valence-corrected chi connectivity index (χ3v) is 3.14. The molecule has 0 unspecified atom stereocenters. The normalized spacial score (nSPS) is 10.7. The number of aromatic amines is 1. The van der Waals surface area contributed by atoms with E-state index in [4.69, 9.17) is 12.2 Å². The maximum atomic E-state index is 5.11. The van der Waals surface area contributed by atoms with Crippen molar-refractivity contribution in [1.29, 1.82) is 0 Å². The van der Waals surface area contributed by atoms with Gasteiger partial charge in [-0.2, -0.15) is 5.10 Å². The lowest BCUT2D eigenvalue weighted by Crippen LogP contribution is -1.96. The molecule has 2 aromatic heterocycles. The van der Waals surface area contributed by atoms with Crippen molar-refractivity contribution in [3.05, 3.63) is 16.0 Å². The molecule has 1 N–H and O–H groups in total. The highest BCUT2D eigenvalue weighted by molar-refractivity contribution is 7.71. The van der Waals surface area contributed by atoms with Crippen LogP contribution in [-0.4, -0.2) is 19.7 Å². The Morgan fingerprint density at radius 1 is 1.64 bits per heavy atom. The Kier molecular flexibility index (Phi) is 2.47. The Morgan fingerprint density at radius 3 is 3.00 bits per heavy atom. The van der Waals surface area contributed by atoms with Crippen LogP contribution in [0.25, 0.3) is 10.7 Å². The minimum absolute atomic E-state index is 0.661. The van der Waals surface area contributed by atoms with Crippen molar-refractivity contribution in [2.75, 3.05) is 0 Å². The maximum absolute atomic E-state index is 5.11. The summed E-state index contributed by atoms with van der Waals surface area (Å²) in [5, 5.41) is 8.02. The van der Waals surface area contributed by atoms with E-state index in [1.54, 1.807) is 11.3 Å². The SMILES string of the molecule is CCn1c(-c2cnc(C)s2)n[nH]c1=S. The Morgan fingerprint density at radius 2 is 2.43 bits per heavy atom. The van der Waals surface area contributed by atoms with E-state index in [0.29, 0.717) is 4.77 Å². The van der Waals surface area contributed by atoms with Crippen molar-refractivity contribution in [3.8, 4) is 10.7 Å². The predicted octanol–water partition coefficient (Wildman–Crippen LogP) is 2.39. The van der Waals surface area contributed by atoms with E-state index < -0.39 is 0 Å². The Labute approximate surface area is 90.6 Å². The van der Waals surface area contributed by atoms with Crippen molar-refractivity contribution in [3.63, 3.8) is 0 Å². The molecular weight excluding hydrogens is 216 g/mol. The quantitative estimate of drug-likeness (QED) is 0.800. The molecule has 0 aromatic carbocycles. The highest BCUT2D eigenvalue weighted by atomic mass is 32.1. The number of aryl methyl sites for hydroxylation is 1. The van der Waals surface area contributed by atoms with Crippen molar-refractivity contribution in [2.24, 2.45) is 0 Å². The second-order valence-electron chi connectivity index (χ2n) is 2.84. The third kappa shape index (κ3) is 1.51. The van der Waals surface area contributed by atoms with Crippen LogP contribution < -0.4 is 0 Å². The average Bonchev–Trinajstić information content (AvgIpc) is 2.71.